The first-order valence-electron chi connectivity index (χ1n) is 9.70. The molecule has 0 bridgehead atoms. The molecule has 0 aliphatic heterocycles. The van der Waals surface area contributed by atoms with E-state index < -0.39 is 5.60 Å². The van der Waals surface area contributed by atoms with E-state index in [0.717, 1.165) is 34.9 Å². The molecule has 0 aromatic heterocycles. The summed E-state index contributed by atoms with van der Waals surface area (Å²) >= 11 is 6.10. The van der Waals surface area contributed by atoms with Crippen molar-refractivity contribution in [2.45, 2.75) is 43.6 Å². The molecular formula is C25H25ClO2. The van der Waals surface area contributed by atoms with E-state index in [1.165, 1.54) is 5.56 Å². The van der Waals surface area contributed by atoms with Crippen molar-refractivity contribution in [1.29, 1.82) is 0 Å². The molecule has 1 fully saturated rings. The van der Waals surface area contributed by atoms with Crippen LogP contribution in [0.4, 0.5) is 0 Å². The van der Waals surface area contributed by atoms with Gasteiger partial charge < -0.3 is 9.84 Å². The predicted molar refractivity (Wildman–Crippen MR) is 114 cm³/mol. The summed E-state index contributed by atoms with van der Waals surface area (Å²) < 4.78 is 6.04. The average molecular weight is 393 g/mol. The molecule has 144 valence electrons. The van der Waals surface area contributed by atoms with Gasteiger partial charge in [-0.25, -0.2) is 0 Å². The Morgan fingerprint density at radius 2 is 1.54 bits per heavy atom. The Labute approximate surface area is 171 Å². The highest BCUT2D eigenvalue weighted by Gasteiger charge is 2.55. The van der Waals surface area contributed by atoms with Crippen LogP contribution < -0.4 is 4.74 Å². The standard InChI is InChI=1S/C25H25ClO2/c1-24(2,27)23(25(15-16-25)19-11-13-20(26)14-12-19)18-7-6-10-22(17-18)28-21-8-4-3-5-9-21/h3-14,17,23,27H,15-16H2,1-2H3. The molecule has 0 radical (unpaired) electrons. The van der Waals surface area contributed by atoms with Crippen LogP contribution >= 0.6 is 11.6 Å². The van der Waals surface area contributed by atoms with Gasteiger partial charge in [0, 0.05) is 16.4 Å². The summed E-state index contributed by atoms with van der Waals surface area (Å²) in [4.78, 5) is 0. The van der Waals surface area contributed by atoms with Crippen molar-refractivity contribution in [3.8, 4) is 11.5 Å². The van der Waals surface area contributed by atoms with Crippen molar-refractivity contribution in [2.24, 2.45) is 0 Å². The highest BCUT2D eigenvalue weighted by Crippen LogP contribution is 2.61. The van der Waals surface area contributed by atoms with Crippen molar-refractivity contribution in [3.05, 3.63) is 95.0 Å². The molecule has 1 aliphatic rings. The maximum Gasteiger partial charge on any atom is 0.127 e. The van der Waals surface area contributed by atoms with E-state index in [1.807, 2.05) is 68.4 Å². The minimum absolute atomic E-state index is 0.0412. The summed E-state index contributed by atoms with van der Waals surface area (Å²) in [5.74, 6) is 1.55. The van der Waals surface area contributed by atoms with Crippen LogP contribution in [0.15, 0.2) is 78.9 Å². The van der Waals surface area contributed by atoms with Gasteiger partial charge in [-0.1, -0.05) is 54.1 Å². The first-order chi connectivity index (χ1) is 13.4. The maximum absolute atomic E-state index is 11.1. The molecule has 3 aromatic rings. The van der Waals surface area contributed by atoms with E-state index >= 15 is 0 Å². The van der Waals surface area contributed by atoms with Crippen molar-refractivity contribution in [3.63, 3.8) is 0 Å². The number of halogens is 1. The summed E-state index contributed by atoms with van der Waals surface area (Å²) in [6.07, 6.45) is 2.10. The quantitative estimate of drug-likeness (QED) is 0.504. The fourth-order valence-corrected chi connectivity index (χ4v) is 4.57. The van der Waals surface area contributed by atoms with Crippen molar-refractivity contribution < 1.29 is 9.84 Å². The van der Waals surface area contributed by atoms with Crippen LogP contribution in [0.25, 0.3) is 0 Å². The van der Waals surface area contributed by atoms with Gasteiger partial charge in [0.05, 0.1) is 5.60 Å². The number of hydrogen-bond acceptors (Lipinski definition) is 2. The summed E-state index contributed by atoms with van der Waals surface area (Å²) in [5.41, 5.74) is 1.38. The molecular weight excluding hydrogens is 368 g/mol. The van der Waals surface area contributed by atoms with Gasteiger partial charge in [-0.15, -0.1) is 0 Å². The number of hydrogen-bond donors (Lipinski definition) is 1. The molecule has 1 aliphatic carbocycles. The number of benzene rings is 3. The van der Waals surface area contributed by atoms with Gasteiger partial charge in [0.25, 0.3) is 0 Å². The summed E-state index contributed by atoms with van der Waals surface area (Å²) in [6, 6.07) is 25.9. The number of ether oxygens (including phenoxy) is 1. The number of aliphatic hydroxyl groups is 1. The Balaban J connectivity index is 1.71. The SMILES string of the molecule is CC(C)(O)C(c1cccc(Oc2ccccc2)c1)C1(c2ccc(Cl)cc2)CC1. The molecule has 0 heterocycles. The minimum Gasteiger partial charge on any atom is -0.457 e. The van der Waals surface area contributed by atoms with Gasteiger partial charge in [-0.2, -0.15) is 0 Å². The van der Waals surface area contributed by atoms with Crippen LogP contribution in [0.1, 0.15) is 43.7 Å². The van der Waals surface area contributed by atoms with Crippen LogP contribution in [0.3, 0.4) is 0 Å². The third-order valence-corrected chi connectivity index (χ3v) is 5.89. The second kappa shape index (κ2) is 7.27. The molecule has 1 atom stereocenters. The Hall–Kier alpha value is -2.29. The molecule has 1 saturated carbocycles. The lowest BCUT2D eigenvalue weighted by Gasteiger charge is -2.37. The van der Waals surface area contributed by atoms with E-state index in [2.05, 4.69) is 24.3 Å². The van der Waals surface area contributed by atoms with E-state index in [1.54, 1.807) is 0 Å². The minimum atomic E-state index is -0.874. The Bertz CT molecular complexity index is 938. The Morgan fingerprint density at radius 1 is 0.893 bits per heavy atom. The molecule has 0 spiro atoms. The van der Waals surface area contributed by atoms with Crippen LogP contribution in [-0.2, 0) is 5.41 Å². The van der Waals surface area contributed by atoms with Gasteiger partial charge >= 0.3 is 0 Å². The molecule has 3 aromatic carbocycles. The van der Waals surface area contributed by atoms with Crippen LogP contribution in [-0.4, -0.2) is 10.7 Å². The topological polar surface area (TPSA) is 29.5 Å². The lowest BCUT2D eigenvalue weighted by atomic mass is 9.70. The molecule has 0 amide bonds. The van der Waals surface area contributed by atoms with Crippen molar-refractivity contribution >= 4 is 11.6 Å². The third kappa shape index (κ3) is 3.80. The molecule has 1 N–H and O–H groups in total. The van der Waals surface area contributed by atoms with E-state index in [4.69, 9.17) is 16.3 Å². The fourth-order valence-electron chi connectivity index (χ4n) is 4.45. The van der Waals surface area contributed by atoms with Gasteiger partial charge in [-0.3, -0.25) is 0 Å². The van der Waals surface area contributed by atoms with Crippen LogP contribution in [0.5, 0.6) is 11.5 Å². The Kier molecular flexibility index (Phi) is 4.95. The average Bonchev–Trinajstić information content (AvgIpc) is 3.44. The number of para-hydroxylation sites is 1. The normalized spacial score (nSPS) is 16.4. The zero-order chi connectivity index (χ0) is 19.8. The highest BCUT2D eigenvalue weighted by atomic mass is 35.5. The monoisotopic (exact) mass is 392 g/mol. The summed E-state index contributed by atoms with van der Waals surface area (Å²) in [7, 11) is 0. The second-order valence-electron chi connectivity index (χ2n) is 8.24. The number of rotatable bonds is 6. The van der Waals surface area contributed by atoms with E-state index in [9.17, 15) is 5.11 Å². The lowest BCUT2D eigenvalue weighted by molar-refractivity contribution is 0.0351. The second-order valence-corrected chi connectivity index (χ2v) is 8.67. The third-order valence-electron chi connectivity index (χ3n) is 5.64. The molecule has 28 heavy (non-hydrogen) atoms. The first-order valence-corrected chi connectivity index (χ1v) is 10.1. The predicted octanol–water partition coefficient (Wildman–Crippen LogP) is 6.72. The molecule has 2 nitrogen and oxygen atoms in total. The van der Waals surface area contributed by atoms with E-state index in [-0.39, 0.29) is 11.3 Å². The Morgan fingerprint density at radius 3 is 2.14 bits per heavy atom. The zero-order valence-electron chi connectivity index (χ0n) is 16.2. The van der Waals surface area contributed by atoms with Gasteiger partial charge in [-0.05, 0) is 74.2 Å². The zero-order valence-corrected chi connectivity index (χ0v) is 17.0. The largest absolute Gasteiger partial charge is 0.457 e. The van der Waals surface area contributed by atoms with Crippen LogP contribution in [0.2, 0.25) is 5.02 Å². The van der Waals surface area contributed by atoms with Gasteiger partial charge in [0.1, 0.15) is 11.5 Å². The first kappa shape index (κ1) is 19.0. The van der Waals surface area contributed by atoms with Crippen molar-refractivity contribution in [2.75, 3.05) is 0 Å². The van der Waals surface area contributed by atoms with Crippen molar-refractivity contribution in [1.82, 2.24) is 0 Å². The molecule has 4 rings (SSSR count). The van der Waals surface area contributed by atoms with Crippen LogP contribution in [0, 0.1) is 0 Å². The lowest BCUT2D eigenvalue weighted by Crippen LogP contribution is -2.37. The summed E-state index contributed by atoms with van der Waals surface area (Å²) in [6.45, 7) is 3.80. The van der Waals surface area contributed by atoms with Gasteiger partial charge in [0.15, 0.2) is 0 Å². The fraction of sp³-hybridized carbons (Fsp3) is 0.280. The smallest absolute Gasteiger partial charge is 0.127 e. The maximum atomic E-state index is 11.1. The molecule has 3 heteroatoms. The molecule has 1 unspecified atom stereocenters. The summed E-state index contributed by atoms with van der Waals surface area (Å²) in [5, 5.41) is 11.9. The van der Waals surface area contributed by atoms with Gasteiger partial charge in [0.2, 0.25) is 0 Å². The van der Waals surface area contributed by atoms with E-state index in [0.29, 0.717) is 0 Å². The molecule has 0 saturated heterocycles. The highest BCUT2D eigenvalue weighted by molar-refractivity contribution is 6.30.